The van der Waals surface area contributed by atoms with Gasteiger partial charge in [0, 0.05) is 11.4 Å². The molecular weight excluding hydrogens is 264 g/mol. The molecule has 6 heteroatoms. The highest BCUT2D eigenvalue weighted by Gasteiger charge is 2.24. The number of halogens is 1. The van der Waals surface area contributed by atoms with Gasteiger partial charge < -0.3 is 10.5 Å². The summed E-state index contributed by atoms with van der Waals surface area (Å²) in [6.45, 7) is 2.69. The molecule has 1 atom stereocenters. The van der Waals surface area contributed by atoms with Crippen LogP contribution in [0.1, 0.15) is 18.2 Å². The number of aromatic nitrogens is 3. The van der Waals surface area contributed by atoms with Crippen LogP contribution in [0, 0.1) is 0 Å². The minimum Gasteiger partial charge on any atom is -0.488 e. The van der Waals surface area contributed by atoms with Gasteiger partial charge >= 0.3 is 0 Å². The highest BCUT2D eigenvalue weighted by molar-refractivity contribution is 6.30. The van der Waals surface area contributed by atoms with Crippen molar-refractivity contribution in [2.75, 3.05) is 5.73 Å². The average Bonchev–Trinajstić information content (AvgIpc) is 2.92. The van der Waals surface area contributed by atoms with Gasteiger partial charge in [-0.3, -0.25) is 0 Å². The quantitative estimate of drug-likeness (QED) is 0.933. The van der Waals surface area contributed by atoms with Crippen LogP contribution in [0.2, 0.25) is 5.02 Å². The molecule has 2 aromatic rings. The monoisotopic (exact) mass is 278 g/mol. The summed E-state index contributed by atoms with van der Waals surface area (Å²) >= 11 is 5.98. The Morgan fingerprint density at radius 1 is 1.53 bits per heavy atom. The van der Waals surface area contributed by atoms with Crippen molar-refractivity contribution >= 4 is 17.4 Å². The maximum absolute atomic E-state index is 5.98. The first-order chi connectivity index (χ1) is 9.17. The minimum absolute atomic E-state index is 0.0554. The van der Waals surface area contributed by atoms with Crippen LogP contribution in [0.4, 0.5) is 5.82 Å². The zero-order valence-corrected chi connectivity index (χ0v) is 11.4. The molecule has 0 saturated carbocycles. The van der Waals surface area contributed by atoms with Crippen molar-refractivity contribution in [2.24, 2.45) is 0 Å². The molecule has 0 aliphatic carbocycles. The Labute approximate surface area is 116 Å². The van der Waals surface area contributed by atoms with Crippen molar-refractivity contribution in [1.29, 1.82) is 0 Å². The minimum atomic E-state index is 0.0554. The molecule has 0 fully saturated rings. The van der Waals surface area contributed by atoms with Gasteiger partial charge in [-0.05, 0) is 30.2 Å². The molecule has 100 valence electrons. The summed E-state index contributed by atoms with van der Waals surface area (Å²) < 4.78 is 7.71. The van der Waals surface area contributed by atoms with Gasteiger partial charge in [0.25, 0.3) is 0 Å². The lowest BCUT2D eigenvalue weighted by atomic mass is 10.1. The summed E-state index contributed by atoms with van der Waals surface area (Å²) in [5, 5.41) is 8.71. The number of anilines is 1. The zero-order valence-electron chi connectivity index (χ0n) is 10.6. The maximum atomic E-state index is 5.98. The van der Waals surface area contributed by atoms with Crippen molar-refractivity contribution in [3.05, 3.63) is 34.5 Å². The molecule has 2 heterocycles. The van der Waals surface area contributed by atoms with Gasteiger partial charge in [0.1, 0.15) is 11.9 Å². The normalized spacial score (nSPS) is 17.3. The number of ether oxygens (including phenoxy) is 1. The molecule has 0 radical (unpaired) electrons. The second-order valence-electron chi connectivity index (χ2n) is 4.65. The van der Waals surface area contributed by atoms with E-state index in [0.717, 1.165) is 34.9 Å². The van der Waals surface area contributed by atoms with E-state index >= 15 is 0 Å². The first-order valence-electron chi connectivity index (χ1n) is 6.30. The lowest BCUT2D eigenvalue weighted by Gasteiger charge is -2.12. The Hall–Kier alpha value is -1.75. The van der Waals surface area contributed by atoms with E-state index in [2.05, 4.69) is 10.3 Å². The van der Waals surface area contributed by atoms with Crippen LogP contribution in [0.5, 0.6) is 5.75 Å². The molecule has 0 saturated heterocycles. The van der Waals surface area contributed by atoms with E-state index in [1.807, 2.05) is 29.8 Å². The van der Waals surface area contributed by atoms with E-state index in [0.29, 0.717) is 12.4 Å². The van der Waals surface area contributed by atoms with Crippen LogP contribution < -0.4 is 10.5 Å². The Morgan fingerprint density at radius 2 is 2.37 bits per heavy atom. The molecule has 1 aliphatic heterocycles. The topological polar surface area (TPSA) is 66.0 Å². The third-order valence-electron chi connectivity index (χ3n) is 3.34. The van der Waals surface area contributed by atoms with Gasteiger partial charge in [0.05, 0.1) is 12.2 Å². The summed E-state index contributed by atoms with van der Waals surface area (Å²) in [7, 11) is 0. The molecular formula is C13H15ClN4O. The molecule has 0 amide bonds. The smallest absolute Gasteiger partial charge is 0.169 e. The van der Waals surface area contributed by atoms with Crippen molar-refractivity contribution in [1.82, 2.24) is 15.0 Å². The second-order valence-corrected chi connectivity index (χ2v) is 5.09. The molecule has 3 rings (SSSR count). The van der Waals surface area contributed by atoms with E-state index in [1.54, 1.807) is 0 Å². The van der Waals surface area contributed by atoms with Crippen molar-refractivity contribution in [3.8, 4) is 5.75 Å². The van der Waals surface area contributed by atoms with E-state index in [4.69, 9.17) is 22.1 Å². The fourth-order valence-electron chi connectivity index (χ4n) is 2.44. The molecule has 0 bridgehead atoms. The van der Waals surface area contributed by atoms with Gasteiger partial charge in [0.15, 0.2) is 5.82 Å². The summed E-state index contributed by atoms with van der Waals surface area (Å²) in [5.41, 5.74) is 7.88. The summed E-state index contributed by atoms with van der Waals surface area (Å²) in [6, 6.07) is 5.70. The lowest BCUT2D eigenvalue weighted by molar-refractivity contribution is 0.200. The van der Waals surface area contributed by atoms with E-state index in [-0.39, 0.29) is 6.10 Å². The number of nitrogens with zero attached hydrogens (tertiary/aromatic N) is 3. The zero-order chi connectivity index (χ0) is 13.4. The highest BCUT2D eigenvalue weighted by atomic mass is 35.5. The van der Waals surface area contributed by atoms with Gasteiger partial charge in [0.2, 0.25) is 0 Å². The molecule has 1 aromatic carbocycles. The maximum Gasteiger partial charge on any atom is 0.169 e. The van der Waals surface area contributed by atoms with Crippen molar-refractivity contribution < 1.29 is 4.74 Å². The van der Waals surface area contributed by atoms with Crippen LogP contribution in [0.3, 0.4) is 0 Å². The van der Waals surface area contributed by atoms with Gasteiger partial charge in [-0.2, -0.15) is 0 Å². The highest BCUT2D eigenvalue weighted by Crippen LogP contribution is 2.31. The number of nitrogen functional groups attached to an aromatic ring is 1. The van der Waals surface area contributed by atoms with Crippen LogP contribution in [-0.4, -0.2) is 21.1 Å². The number of nitrogens with two attached hydrogens (primary N) is 1. The van der Waals surface area contributed by atoms with Gasteiger partial charge in [-0.15, -0.1) is 5.10 Å². The van der Waals surface area contributed by atoms with E-state index in [9.17, 15) is 0 Å². The largest absolute Gasteiger partial charge is 0.488 e. The third-order valence-corrected chi connectivity index (χ3v) is 3.58. The standard InChI is InChI=1S/C13H15ClN4O/c1-2-11-13(15)16-17-18(11)7-10-6-8-5-9(14)3-4-12(8)19-10/h3-5,10H,2,6-7,15H2,1H3. The third kappa shape index (κ3) is 2.26. The van der Waals surface area contributed by atoms with Gasteiger partial charge in [-0.25, -0.2) is 4.68 Å². The van der Waals surface area contributed by atoms with Crippen molar-refractivity contribution in [3.63, 3.8) is 0 Å². The predicted octanol–water partition coefficient (Wildman–Crippen LogP) is 2.08. The predicted molar refractivity (Wildman–Crippen MR) is 73.4 cm³/mol. The van der Waals surface area contributed by atoms with E-state index < -0.39 is 0 Å². The van der Waals surface area contributed by atoms with Crippen LogP contribution >= 0.6 is 11.6 Å². The SMILES string of the molecule is CCc1c(N)nnn1CC1Cc2cc(Cl)ccc2O1. The molecule has 0 spiro atoms. The lowest BCUT2D eigenvalue weighted by Crippen LogP contribution is -2.23. The molecule has 2 N–H and O–H groups in total. The Kier molecular flexibility index (Phi) is 3.06. The number of rotatable bonds is 3. The fourth-order valence-corrected chi connectivity index (χ4v) is 2.63. The summed E-state index contributed by atoms with van der Waals surface area (Å²) in [4.78, 5) is 0. The summed E-state index contributed by atoms with van der Waals surface area (Å²) in [6.07, 6.45) is 1.70. The Morgan fingerprint density at radius 3 is 3.16 bits per heavy atom. The van der Waals surface area contributed by atoms with Gasteiger partial charge in [-0.1, -0.05) is 23.7 Å². The number of hydrogen-bond acceptors (Lipinski definition) is 4. The Bertz CT molecular complexity index is 611. The number of benzene rings is 1. The molecule has 1 aromatic heterocycles. The summed E-state index contributed by atoms with van der Waals surface area (Å²) in [5.74, 6) is 1.40. The molecule has 19 heavy (non-hydrogen) atoms. The average molecular weight is 279 g/mol. The van der Waals surface area contributed by atoms with Crippen LogP contribution in [0.15, 0.2) is 18.2 Å². The molecule has 1 aliphatic rings. The van der Waals surface area contributed by atoms with Crippen molar-refractivity contribution in [2.45, 2.75) is 32.4 Å². The number of hydrogen-bond donors (Lipinski definition) is 1. The molecule has 1 unspecified atom stereocenters. The van der Waals surface area contributed by atoms with Crippen LogP contribution in [-0.2, 0) is 19.4 Å². The Balaban J connectivity index is 1.77. The van der Waals surface area contributed by atoms with Crippen LogP contribution in [0.25, 0.3) is 0 Å². The van der Waals surface area contributed by atoms with E-state index in [1.165, 1.54) is 0 Å². The first-order valence-corrected chi connectivity index (χ1v) is 6.68. The second kappa shape index (κ2) is 4.74. The fraction of sp³-hybridized carbons (Fsp3) is 0.385. The molecule has 5 nitrogen and oxygen atoms in total. The number of fused-ring (bicyclic) bond motifs is 1. The first kappa shape index (κ1) is 12.3.